The van der Waals surface area contributed by atoms with Gasteiger partial charge < -0.3 is 15.7 Å². The lowest BCUT2D eigenvalue weighted by atomic mass is 9.94. The Hall–Kier alpha value is -3.32. The number of hydrogen-bond donors (Lipinski definition) is 2. The minimum absolute atomic E-state index is 0.0737. The van der Waals surface area contributed by atoms with Crippen LogP contribution in [0, 0.1) is 0 Å². The van der Waals surface area contributed by atoms with E-state index in [0.29, 0.717) is 38.3 Å². The SMILES string of the molecule is NCCC(C(=O)N1CC2=C(C1)C(c1ccc(C(=O)O)cn1)=NC2)c1ccccc1. The van der Waals surface area contributed by atoms with Crippen LogP contribution in [0.2, 0.25) is 0 Å². The number of rotatable bonds is 6. The normalized spacial score (nSPS) is 16.6. The molecule has 1 aromatic carbocycles. The van der Waals surface area contributed by atoms with Gasteiger partial charge in [0.25, 0.3) is 0 Å². The number of amides is 1. The molecule has 2 aromatic rings. The summed E-state index contributed by atoms with van der Waals surface area (Å²) in [5, 5.41) is 9.04. The number of aliphatic imine (C=N–C) groups is 1. The first-order valence-corrected chi connectivity index (χ1v) is 9.57. The highest BCUT2D eigenvalue weighted by Gasteiger charge is 2.35. The summed E-state index contributed by atoms with van der Waals surface area (Å²) in [4.78, 5) is 35.0. The number of aromatic nitrogens is 1. The highest BCUT2D eigenvalue weighted by atomic mass is 16.4. The fraction of sp³-hybridized carbons (Fsp3) is 0.273. The van der Waals surface area contributed by atoms with Crippen molar-refractivity contribution < 1.29 is 14.7 Å². The van der Waals surface area contributed by atoms with Crippen molar-refractivity contribution in [2.75, 3.05) is 26.2 Å². The van der Waals surface area contributed by atoms with Gasteiger partial charge in [-0.3, -0.25) is 14.8 Å². The van der Waals surface area contributed by atoms with Crippen LogP contribution in [0.3, 0.4) is 0 Å². The van der Waals surface area contributed by atoms with E-state index in [9.17, 15) is 9.59 Å². The van der Waals surface area contributed by atoms with Gasteiger partial charge in [-0.15, -0.1) is 0 Å². The smallest absolute Gasteiger partial charge is 0.337 e. The van der Waals surface area contributed by atoms with Crippen LogP contribution < -0.4 is 5.73 Å². The summed E-state index contributed by atoms with van der Waals surface area (Å²) < 4.78 is 0. The second-order valence-corrected chi connectivity index (χ2v) is 7.22. The summed E-state index contributed by atoms with van der Waals surface area (Å²) in [7, 11) is 0. The van der Waals surface area contributed by atoms with Crippen LogP contribution in [0.15, 0.2) is 64.8 Å². The van der Waals surface area contributed by atoms with Crippen LogP contribution in [0.5, 0.6) is 0 Å². The van der Waals surface area contributed by atoms with Crippen molar-refractivity contribution in [1.82, 2.24) is 9.88 Å². The highest BCUT2D eigenvalue weighted by Crippen LogP contribution is 2.30. The average Bonchev–Trinajstić information content (AvgIpc) is 3.33. The first kappa shape index (κ1) is 19.0. The van der Waals surface area contributed by atoms with Crippen LogP contribution >= 0.6 is 0 Å². The number of carbonyl (C=O) groups excluding carboxylic acids is 1. The topological polar surface area (TPSA) is 109 Å². The molecule has 1 atom stereocenters. The van der Waals surface area contributed by atoms with Gasteiger partial charge in [-0.2, -0.15) is 0 Å². The Morgan fingerprint density at radius 1 is 1.14 bits per heavy atom. The van der Waals surface area contributed by atoms with Gasteiger partial charge >= 0.3 is 5.97 Å². The predicted octanol–water partition coefficient (Wildman–Crippen LogP) is 1.85. The maximum absolute atomic E-state index is 13.3. The monoisotopic (exact) mass is 390 g/mol. The third-order valence-electron chi connectivity index (χ3n) is 5.39. The van der Waals surface area contributed by atoms with E-state index in [2.05, 4.69) is 9.98 Å². The van der Waals surface area contributed by atoms with Gasteiger partial charge in [0.15, 0.2) is 0 Å². The Morgan fingerprint density at radius 3 is 2.59 bits per heavy atom. The Balaban J connectivity index is 1.51. The molecule has 2 aliphatic heterocycles. The highest BCUT2D eigenvalue weighted by molar-refractivity contribution is 6.14. The quantitative estimate of drug-likeness (QED) is 0.782. The molecule has 4 rings (SSSR count). The summed E-state index contributed by atoms with van der Waals surface area (Å²) in [6.07, 6.45) is 1.94. The number of nitrogens with zero attached hydrogens (tertiary/aromatic N) is 3. The van der Waals surface area contributed by atoms with E-state index in [1.54, 1.807) is 6.07 Å². The maximum atomic E-state index is 13.3. The van der Waals surface area contributed by atoms with Crippen LogP contribution in [0.4, 0.5) is 0 Å². The van der Waals surface area contributed by atoms with Crippen LogP contribution in [-0.4, -0.2) is 58.8 Å². The standard InChI is InChI=1S/C22H22N4O3/c23-9-8-17(14-4-2-1-3-5-14)21(27)26-12-16-11-25-20(18(16)13-26)19-7-6-15(10-24-19)22(28)29/h1-7,10,17H,8-9,11-13,23H2,(H,28,29). The number of hydrogen-bond acceptors (Lipinski definition) is 5. The van der Waals surface area contributed by atoms with Gasteiger partial charge in [-0.25, -0.2) is 4.79 Å². The zero-order valence-electron chi connectivity index (χ0n) is 15.9. The molecule has 0 spiro atoms. The summed E-state index contributed by atoms with van der Waals surface area (Å²) in [5.74, 6) is -1.19. The van der Waals surface area contributed by atoms with Crippen molar-refractivity contribution >= 4 is 17.6 Å². The second kappa shape index (κ2) is 7.97. The number of pyridine rings is 1. The van der Waals surface area contributed by atoms with E-state index in [1.807, 2.05) is 35.2 Å². The van der Waals surface area contributed by atoms with E-state index in [4.69, 9.17) is 10.8 Å². The fourth-order valence-corrected chi connectivity index (χ4v) is 3.90. The predicted molar refractivity (Wildman–Crippen MR) is 109 cm³/mol. The molecule has 0 saturated heterocycles. The molecule has 1 unspecified atom stereocenters. The number of carboxylic acid groups (broad SMARTS) is 1. The minimum Gasteiger partial charge on any atom is -0.478 e. The molecule has 0 aliphatic carbocycles. The van der Waals surface area contributed by atoms with Crippen LogP contribution in [0.25, 0.3) is 0 Å². The lowest BCUT2D eigenvalue weighted by molar-refractivity contribution is -0.131. The molecular weight excluding hydrogens is 368 g/mol. The molecule has 7 heteroatoms. The molecule has 29 heavy (non-hydrogen) atoms. The molecular formula is C22H22N4O3. The van der Waals surface area contributed by atoms with Gasteiger partial charge in [-0.05, 0) is 36.2 Å². The molecule has 0 fully saturated rings. The Bertz CT molecular complexity index is 996. The first-order valence-electron chi connectivity index (χ1n) is 9.57. The Kier molecular flexibility index (Phi) is 5.22. The summed E-state index contributed by atoms with van der Waals surface area (Å²) >= 11 is 0. The maximum Gasteiger partial charge on any atom is 0.337 e. The largest absolute Gasteiger partial charge is 0.478 e. The average molecular weight is 390 g/mol. The van der Waals surface area contributed by atoms with Crippen molar-refractivity contribution in [2.45, 2.75) is 12.3 Å². The molecule has 3 N–H and O–H groups in total. The van der Waals surface area contributed by atoms with Crippen molar-refractivity contribution in [1.29, 1.82) is 0 Å². The molecule has 3 heterocycles. The van der Waals surface area contributed by atoms with E-state index in [1.165, 1.54) is 12.3 Å². The molecule has 7 nitrogen and oxygen atoms in total. The molecule has 0 bridgehead atoms. The Morgan fingerprint density at radius 2 is 1.93 bits per heavy atom. The summed E-state index contributed by atoms with van der Waals surface area (Å²) in [6, 6.07) is 12.9. The van der Waals surface area contributed by atoms with Crippen LogP contribution in [0.1, 0.15) is 34.0 Å². The van der Waals surface area contributed by atoms with Gasteiger partial charge in [0.1, 0.15) is 0 Å². The van der Waals surface area contributed by atoms with E-state index in [-0.39, 0.29) is 17.4 Å². The van der Waals surface area contributed by atoms with Crippen molar-refractivity contribution in [3.63, 3.8) is 0 Å². The van der Waals surface area contributed by atoms with Crippen molar-refractivity contribution in [3.8, 4) is 0 Å². The summed E-state index contributed by atoms with van der Waals surface area (Å²) in [5.41, 5.74) is 10.4. The number of nitrogens with two attached hydrogens (primary N) is 1. The first-order chi connectivity index (χ1) is 14.1. The summed E-state index contributed by atoms with van der Waals surface area (Å²) in [6.45, 7) is 2.04. The van der Waals surface area contributed by atoms with Gasteiger partial charge in [0.05, 0.1) is 29.4 Å². The zero-order chi connectivity index (χ0) is 20.4. The third-order valence-corrected chi connectivity index (χ3v) is 5.39. The molecule has 0 saturated carbocycles. The molecule has 0 radical (unpaired) electrons. The Labute approximate surface area is 168 Å². The molecule has 2 aliphatic rings. The lowest BCUT2D eigenvalue weighted by Crippen LogP contribution is -2.36. The molecule has 148 valence electrons. The molecule has 1 aromatic heterocycles. The second-order valence-electron chi connectivity index (χ2n) is 7.22. The van der Waals surface area contributed by atoms with E-state index >= 15 is 0 Å². The van der Waals surface area contributed by atoms with Crippen molar-refractivity contribution in [3.05, 3.63) is 76.6 Å². The van der Waals surface area contributed by atoms with E-state index in [0.717, 1.165) is 22.4 Å². The minimum atomic E-state index is -1.01. The van der Waals surface area contributed by atoms with Gasteiger partial charge in [0.2, 0.25) is 5.91 Å². The van der Waals surface area contributed by atoms with E-state index < -0.39 is 5.97 Å². The number of aromatic carboxylic acids is 1. The zero-order valence-corrected chi connectivity index (χ0v) is 15.9. The fourth-order valence-electron chi connectivity index (χ4n) is 3.90. The number of benzene rings is 1. The van der Waals surface area contributed by atoms with Gasteiger partial charge in [-0.1, -0.05) is 30.3 Å². The lowest BCUT2D eigenvalue weighted by Gasteiger charge is -2.24. The number of carboxylic acids is 1. The van der Waals surface area contributed by atoms with Crippen molar-refractivity contribution in [2.24, 2.45) is 10.7 Å². The third kappa shape index (κ3) is 3.69. The van der Waals surface area contributed by atoms with Gasteiger partial charge in [0, 0.05) is 24.9 Å². The number of carbonyl (C=O) groups is 2. The molecule has 1 amide bonds. The van der Waals surface area contributed by atoms with Crippen LogP contribution in [-0.2, 0) is 4.79 Å².